The van der Waals surface area contributed by atoms with E-state index in [2.05, 4.69) is 15.8 Å². The van der Waals surface area contributed by atoms with Crippen LogP contribution in [0.4, 0.5) is 0 Å². The first-order chi connectivity index (χ1) is 12.1. The minimum atomic E-state index is -0.834. The second-order valence-electron chi connectivity index (χ2n) is 5.42. The van der Waals surface area contributed by atoms with Crippen molar-refractivity contribution in [3.8, 4) is 11.5 Å². The molecule has 2 amide bonds. The number of carbonyl (C=O) groups is 2. The lowest BCUT2D eigenvalue weighted by atomic mass is 10.1. The van der Waals surface area contributed by atoms with Gasteiger partial charge < -0.3 is 14.8 Å². The summed E-state index contributed by atoms with van der Waals surface area (Å²) >= 11 is 0. The van der Waals surface area contributed by atoms with E-state index in [9.17, 15) is 9.59 Å². The van der Waals surface area contributed by atoms with E-state index in [0.717, 1.165) is 5.56 Å². The molecule has 0 spiro atoms. The summed E-state index contributed by atoms with van der Waals surface area (Å²) in [5.74, 6) is -0.306. The van der Waals surface area contributed by atoms with Gasteiger partial charge in [0.2, 0.25) is 6.79 Å². The van der Waals surface area contributed by atoms with Gasteiger partial charge >= 0.3 is 11.8 Å². The maximum absolute atomic E-state index is 11.9. The van der Waals surface area contributed by atoms with E-state index in [1.54, 1.807) is 25.1 Å². The maximum Gasteiger partial charge on any atom is 0.329 e. The standard InChI is InChI=1S/C18H17N3O4/c1-12(14-5-3-2-4-6-14)20-17(22)18(23)21-19-10-13-7-8-15-16(9-13)25-11-24-15/h2-10,12H,11H2,1H3,(H,20,22)(H,21,23)/b19-10-/t12-/m1/s1. The van der Waals surface area contributed by atoms with Crippen LogP contribution in [0.1, 0.15) is 24.1 Å². The van der Waals surface area contributed by atoms with E-state index < -0.39 is 11.8 Å². The fraction of sp³-hybridized carbons (Fsp3) is 0.167. The van der Waals surface area contributed by atoms with Crippen LogP contribution >= 0.6 is 0 Å². The van der Waals surface area contributed by atoms with Crippen LogP contribution in [0.25, 0.3) is 0 Å². The van der Waals surface area contributed by atoms with E-state index in [4.69, 9.17) is 9.47 Å². The van der Waals surface area contributed by atoms with E-state index in [1.165, 1.54) is 6.21 Å². The van der Waals surface area contributed by atoms with Crippen LogP contribution in [0.5, 0.6) is 11.5 Å². The average Bonchev–Trinajstić information content (AvgIpc) is 3.10. The van der Waals surface area contributed by atoms with Gasteiger partial charge in [0.1, 0.15) is 0 Å². The van der Waals surface area contributed by atoms with Crippen LogP contribution in [0, 0.1) is 0 Å². The number of hydrogen-bond donors (Lipinski definition) is 2. The second kappa shape index (κ2) is 7.48. The van der Waals surface area contributed by atoms with Gasteiger partial charge in [-0.15, -0.1) is 0 Å². The molecule has 1 heterocycles. The number of nitrogens with zero attached hydrogens (tertiary/aromatic N) is 1. The van der Waals surface area contributed by atoms with Crippen LogP contribution in [0.2, 0.25) is 0 Å². The van der Waals surface area contributed by atoms with E-state index in [0.29, 0.717) is 17.1 Å². The lowest BCUT2D eigenvalue weighted by Crippen LogP contribution is -2.39. The highest BCUT2D eigenvalue weighted by Crippen LogP contribution is 2.31. The molecular weight excluding hydrogens is 322 g/mol. The number of hydrogen-bond acceptors (Lipinski definition) is 5. The third-order valence-corrected chi connectivity index (χ3v) is 3.63. The summed E-state index contributed by atoms with van der Waals surface area (Å²) in [7, 11) is 0. The fourth-order valence-corrected chi connectivity index (χ4v) is 2.30. The third-order valence-electron chi connectivity index (χ3n) is 3.63. The number of rotatable bonds is 4. The van der Waals surface area contributed by atoms with Gasteiger partial charge in [0.25, 0.3) is 0 Å². The molecule has 0 aliphatic carbocycles. The average molecular weight is 339 g/mol. The van der Waals surface area contributed by atoms with Gasteiger partial charge in [0, 0.05) is 0 Å². The maximum atomic E-state index is 11.9. The Bertz CT molecular complexity index is 805. The van der Waals surface area contributed by atoms with Gasteiger partial charge in [-0.3, -0.25) is 9.59 Å². The van der Waals surface area contributed by atoms with Crippen molar-refractivity contribution < 1.29 is 19.1 Å². The summed E-state index contributed by atoms with van der Waals surface area (Å²) in [6.45, 7) is 1.99. The Hall–Kier alpha value is -3.35. The predicted molar refractivity (Wildman–Crippen MR) is 91.3 cm³/mol. The fourth-order valence-electron chi connectivity index (χ4n) is 2.30. The molecule has 2 N–H and O–H groups in total. The van der Waals surface area contributed by atoms with Crippen molar-refractivity contribution in [3.63, 3.8) is 0 Å². The van der Waals surface area contributed by atoms with E-state index in [1.807, 2.05) is 30.3 Å². The smallest absolute Gasteiger partial charge is 0.329 e. The second-order valence-corrected chi connectivity index (χ2v) is 5.42. The minimum absolute atomic E-state index is 0.187. The molecule has 128 valence electrons. The van der Waals surface area contributed by atoms with Crippen LogP contribution in [0.3, 0.4) is 0 Å². The van der Waals surface area contributed by atoms with Gasteiger partial charge in [0.05, 0.1) is 12.3 Å². The van der Waals surface area contributed by atoms with Crippen molar-refractivity contribution in [3.05, 3.63) is 59.7 Å². The summed E-state index contributed by atoms with van der Waals surface area (Å²) < 4.78 is 10.5. The highest BCUT2D eigenvalue weighted by Gasteiger charge is 2.16. The summed E-state index contributed by atoms with van der Waals surface area (Å²) in [5.41, 5.74) is 3.82. The van der Waals surface area contributed by atoms with Crippen molar-refractivity contribution >= 4 is 18.0 Å². The molecule has 7 nitrogen and oxygen atoms in total. The van der Waals surface area contributed by atoms with Gasteiger partial charge in [-0.1, -0.05) is 30.3 Å². The topological polar surface area (TPSA) is 89.0 Å². The molecule has 7 heteroatoms. The zero-order chi connectivity index (χ0) is 17.6. The SMILES string of the molecule is C[C@@H](NC(=O)C(=O)N/N=C\c1ccc2c(c1)OCO2)c1ccccc1. The molecule has 0 fully saturated rings. The summed E-state index contributed by atoms with van der Waals surface area (Å²) in [6.07, 6.45) is 1.42. The molecule has 0 saturated heterocycles. The third kappa shape index (κ3) is 4.14. The predicted octanol–water partition coefficient (Wildman–Crippen LogP) is 1.74. The first kappa shape index (κ1) is 16.5. The Balaban J connectivity index is 1.52. The van der Waals surface area contributed by atoms with Crippen molar-refractivity contribution in [1.29, 1.82) is 0 Å². The van der Waals surface area contributed by atoms with Gasteiger partial charge in [-0.2, -0.15) is 5.10 Å². The number of ether oxygens (including phenoxy) is 2. The van der Waals surface area contributed by atoms with Crippen molar-refractivity contribution in [2.24, 2.45) is 5.10 Å². The first-order valence-electron chi connectivity index (χ1n) is 7.72. The van der Waals surface area contributed by atoms with Gasteiger partial charge in [0.15, 0.2) is 11.5 Å². The molecule has 2 aromatic carbocycles. The lowest BCUT2D eigenvalue weighted by molar-refractivity contribution is -0.139. The van der Waals surface area contributed by atoms with Crippen molar-refractivity contribution in [1.82, 2.24) is 10.7 Å². The van der Waals surface area contributed by atoms with Crippen LogP contribution in [-0.2, 0) is 9.59 Å². The minimum Gasteiger partial charge on any atom is -0.454 e. The molecule has 1 atom stereocenters. The monoisotopic (exact) mass is 339 g/mol. The van der Waals surface area contributed by atoms with Crippen molar-refractivity contribution in [2.45, 2.75) is 13.0 Å². The molecule has 0 bridgehead atoms. The Labute approximate surface area is 144 Å². The van der Waals surface area contributed by atoms with Gasteiger partial charge in [-0.05, 0) is 36.2 Å². The van der Waals surface area contributed by atoms with Gasteiger partial charge in [-0.25, -0.2) is 5.43 Å². The lowest BCUT2D eigenvalue weighted by Gasteiger charge is -2.13. The number of benzene rings is 2. The Kier molecular flexibility index (Phi) is 4.94. The Morgan fingerprint density at radius 3 is 2.64 bits per heavy atom. The summed E-state index contributed by atoms with van der Waals surface area (Å²) in [4.78, 5) is 23.7. The molecule has 0 radical (unpaired) electrons. The van der Waals surface area contributed by atoms with E-state index in [-0.39, 0.29) is 12.8 Å². The number of carbonyl (C=O) groups excluding carboxylic acids is 2. The number of fused-ring (bicyclic) bond motifs is 1. The number of nitrogens with one attached hydrogen (secondary N) is 2. The van der Waals surface area contributed by atoms with Crippen LogP contribution in [-0.4, -0.2) is 24.8 Å². The molecule has 0 saturated carbocycles. The molecular formula is C18H17N3O4. The molecule has 3 rings (SSSR count). The summed E-state index contributed by atoms with van der Waals surface area (Å²) in [5, 5.41) is 6.40. The molecule has 25 heavy (non-hydrogen) atoms. The summed E-state index contributed by atoms with van der Waals surface area (Å²) in [6, 6.07) is 14.3. The molecule has 0 unspecified atom stereocenters. The normalized spacial score (nSPS) is 13.5. The van der Waals surface area contributed by atoms with Crippen molar-refractivity contribution in [2.75, 3.05) is 6.79 Å². The Morgan fingerprint density at radius 1 is 1.08 bits per heavy atom. The highest BCUT2D eigenvalue weighted by molar-refractivity contribution is 6.35. The Morgan fingerprint density at radius 2 is 1.84 bits per heavy atom. The van der Waals surface area contributed by atoms with Crippen LogP contribution in [0.15, 0.2) is 53.6 Å². The van der Waals surface area contributed by atoms with Crippen LogP contribution < -0.4 is 20.2 Å². The first-order valence-corrected chi connectivity index (χ1v) is 7.72. The number of amides is 2. The molecule has 0 aromatic heterocycles. The number of hydrazone groups is 1. The van der Waals surface area contributed by atoms with E-state index >= 15 is 0 Å². The quantitative estimate of drug-likeness (QED) is 0.504. The molecule has 1 aliphatic rings. The zero-order valence-corrected chi connectivity index (χ0v) is 13.6. The molecule has 2 aromatic rings. The largest absolute Gasteiger partial charge is 0.454 e. The molecule has 1 aliphatic heterocycles. The zero-order valence-electron chi connectivity index (χ0n) is 13.6. The highest BCUT2D eigenvalue weighted by atomic mass is 16.7.